The van der Waals surface area contributed by atoms with Gasteiger partial charge in [0, 0.05) is 19.8 Å². The van der Waals surface area contributed by atoms with Crippen LogP contribution in [0.1, 0.15) is 48.9 Å². The molecule has 0 bridgehead atoms. The molecule has 0 unspecified atom stereocenters. The Kier molecular flexibility index (Phi) is 5.65. The second-order valence-corrected chi connectivity index (χ2v) is 5.76. The molecule has 5 heteroatoms. The molecule has 1 aliphatic carbocycles. The van der Waals surface area contributed by atoms with E-state index in [4.69, 9.17) is 11.6 Å². The number of halogens is 1. The molecule has 1 aromatic rings. The Hall–Kier alpha value is -1.29. The monoisotopic (exact) mass is 295 g/mol. The highest BCUT2D eigenvalue weighted by molar-refractivity contribution is 6.33. The smallest absolute Gasteiger partial charge is 0.252 e. The molecule has 4 nitrogen and oxygen atoms in total. The zero-order valence-electron chi connectivity index (χ0n) is 11.9. The molecular weight excluding hydrogens is 274 g/mol. The third-order valence-electron chi connectivity index (χ3n) is 3.90. The van der Waals surface area contributed by atoms with E-state index < -0.39 is 0 Å². The van der Waals surface area contributed by atoms with Crippen LogP contribution in [0, 0.1) is 5.92 Å². The van der Waals surface area contributed by atoms with Crippen LogP contribution in [0.25, 0.3) is 0 Å². The number of carbonyl (C=O) groups excluding carboxylic acids is 1. The molecule has 1 heterocycles. The highest BCUT2D eigenvalue weighted by atomic mass is 35.5. The minimum absolute atomic E-state index is 0.0992. The van der Waals surface area contributed by atoms with E-state index in [1.807, 2.05) is 0 Å². The first-order valence-corrected chi connectivity index (χ1v) is 7.70. The molecule has 0 spiro atoms. The first-order chi connectivity index (χ1) is 9.70. The van der Waals surface area contributed by atoms with Crippen LogP contribution in [-0.4, -0.2) is 24.5 Å². The Morgan fingerprint density at radius 1 is 1.40 bits per heavy atom. The minimum Gasteiger partial charge on any atom is -0.372 e. The number of nitrogens with one attached hydrogen (secondary N) is 2. The summed E-state index contributed by atoms with van der Waals surface area (Å²) in [5.41, 5.74) is 0.512. The van der Waals surface area contributed by atoms with Gasteiger partial charge in [0.2, 0.25) is 0 Å². The van der Waals surface area contributed by atoms with Crippen molar-refractivity contribution in [3.05, 3.63) is 22.8 Å². The number of hydrogen-bond acceptors (Lipinski definition) is 3. The standard InChI is InChI=1S/C15H22ClN3O/c1-17-14-13(16)9-12(10-19-14)15(20)18-8-7-11-5-3-2-4-6-11/h9-11H,2-8H2,1H3,(H,17,19)(H,18,20). The van der Waals surface area contributed by atoms with E-state index in [1.165, 1.54) is 32.1 Å². The predicted octanol–water partition coefficient (Wildman–Crippen LogP) is 3.48. The number of anilines is 1. The zero-order chi connectivity index (χ0) is 14.4. The number of amides is 1. The number of rotatable bonds is 5. The largest absolute Gasteiger partial charge is 0.372 e. The Bertz CT molecular complexity index is 458. The molecule has 1 aromatic heterocycles. The Labute approximate surface area is 125 Å². The molecule has 0 aromatic carbocycles. The van der Waals surface area contributed by atoms with Crippen LogP contribution >= 0.6 is 11.6 Å². The third kappa shape index (κ3) is 4.10. The molecule has 0 saturated heterocycles. The van der Waals surface area contributed by atoms with E-state index in [2.05, 4.69) is 15.6 Å². The fourth-order valence-electron chi connectivity index (χ4n) is 2.71. The second kappa shape index (κ2) is 7.48. The topological polar surface area (TPSA) is 54.0 Å². The minimum atomic E-state index is -0.0992. The van der Waals surface area contributed by atoms with Gasteiger partial charge in [-0.25, -0.2) is 4.98 Å². The van der Waals surface area contributed by atoms with Gasteiger partial charge < -0.3 is 10.6 Å². The van der Waals surface area contributed by atoms with Crippen molar-refractivity contribution >= 4 is 23.3 Å². The summed E-state index contributed by atoms with van der Waals surface area (Å²) in [4.78, 5) is 16.1. The highest BCUT2D eigenvalue weighted by Crippen LogP contribution is 2.25. The van der Waals surface area contributed by atoms with Crippen molar-refractivity contribution in [1.82, 2.24) is 10.3 Å². The van der Waals surface area contributed by atoms with Gasteiger partial charge in [-0.15, -0.1) is 0 Å². The highest BCUT2D eigenvalue weighted by Gasteiger charge is 2.14. The Balaban J connectivity index is 1.80. The van der Waals surface area contributed by atoms with Crippen LogP contribution in [-0.2, 0) is 0 Å². The van der Waals surface area contributed by atoms with Gasteiger partial charge in [0.25, 0.3) is 5.91 Å². The molecule has 1 saturated carbocycles. The Morgan fingerprint density at radius 3 is 2.80 bits per heavy atom. The molecule has 2 N–H and O–H groups in total. The van der Waals surface area contributed by atoms with Crippen LogP contribution in [0.4, 0.5) is 5.82 Å². The van der Waals surface area contributed by atoms with Crippen LogP contribution in [0.3, 0.4) is 0 Å². The number of hydrogen-bond donors (Lipinski definition) is 2. The van der Waals surface area contributed by atoms with Crippen molar-refractivity contribution in [3.8, 4) is 0 Å². The van der Waals surface area contributed by atoms with E-state index in [-0.39, 0.29) is 5.91 Å². The van der Waals surface area contributed by atoms with E-state index in [0.29, 0.717) is 16.4 Å². The number of carbonyl (C=O) groups is 1. The van der Waals surface area contributed by atoms with Crippen LogP contribution in [0.5, 0.6) is 0 Å². The number of nitrogens with zero attached hydrogens (tertiary/aromatic N) is 1. The second-order valence-electron chi connectivity index (χ2n) is 5.35. The van der Waals surface area contributed by atoms with Crippen molar-refractivity contribution in [1.29, 1.82) is 0 Å². The van der Waals surface area contributed by atoms with Gasteiger partial charge in [-0.1, -0.05) is 43.7 Å². The first kappa shape index (κ1) is 15.1. The summed E-state index contributed by atoms with van der Waals surface area (Å²) in [6.07, 6.45) is 9.27. The van der Waals surface area contributed by atoms with Gasteiger partial charge in [0.15, 0.2) is 0 Å². The van der Waals surface area contributed by atoms with Crippen molar-refractivity contribution in [2.75, 3.05) is 18.9 Å². The quantitative estimate of drug-likeness (QED) is 0.874. The average molecular weight is 296 g/mol. The molecule has 0 radical (unpaired) electrons. The molecule has 1 fully saturated rings. The van der Waals surface area contributed by atoms with E-state index in [1.54, 1.807) is 19.3 Å². The van der Waals surface area contributed by atoms with Gasteiger partial charge in [0.1, 0.15) is 5.82 Å². The molecule has 2 rings (SSSR count). The number of aromatic nitrogens is 1. The lowest BCUT2D eigenvalue weighted by Gasteiger charge is -2.21. The lowest BCUT2D eigenvalue weighted by Crippen LogP contribution is -2.26. The predicted molar refractivity (Wildman–Crippen MR) is 82.3 cm³/mol. The molecule has 110 valence electrons. The molecule has 1 amide bonds. The van der Waals surface area contributed by atoms with Crippen LogP contribution in [0.2, 0.25) is 5.02 Å². The lowest BCUT2D eigenvalue weighted by atomic mass is 9.87. The average Bonchev–Trinajstić information content (AvgIpc) is 2.48. The normalized spacial score (nSPS) is 15.9. The Morgan fingerprint density at radius 2 is 2.15 bits per heavy atom. The van der Waals surface area contributed by atoms with E-state index in [0.717, 1.165) is 18.9 Å². The fourth-order valence-corrected chi connectivity index (χ4v) is 2.97. The maximum absolute atomic E-state index is 12.0. The lowest BCUT2D eigenvalue weighted by molar-refractivity contribution is 0.0950. The summed E-state index contributed by atoms with van der Waals surface area (Å²) in [7, 11) is 1.75. The summed E-state index contributed by atoms with van der Waals surface area (Å²) < 4.78 is 0. The zero-order valence-corrected chi connectivity index (χ0v) is 12.7. The molecule has 0 atom stereocenters. The molecular formula is C15H22ClN3O. The van der Waals surface area contributed by atoms with Crippen molar-refractivity contribution in [3.63, 3.8) is 0 Å². The molecule has 1 aliphatic rings. The SMILES string of the molecule is CNc1ncc(C(=O)NCCC2CCCCC2)cc1Cl. The van der Waals surface area contributed by atoms with Gasteiger partial charge >= 0.3 is 0 Å². The van der Waals surface area contributed by atoms with E-state index >= 15 is 0 Å². The number of pyridine rings is 1. The molecule has 20 heavy (non-hydrogen) atoms. The summed E-state index contributed by atoms with van der Waals surface area (Å²) in [5, 5.41) is 6.29. The van der Waals surface area contributed by atoms with Crippen molar-refractivity contribution in [2.24, 2.45) is 5.92 Å². The van der Waals surface area contributed by atoms with Crippen molar-refractivity contribution in [2.45, 2.75) is 38.5 Å². The summed E-state index contributed by atoms with van der Waals surface area (Å²) in [5.74, 6) is 1.26. The van der Waals surface area contributed by atoms with Gasteiger partial charge in [-0.05, 0) is 18.4 Å². The van der Waals surface area contributed by atoms with Gasteiger partial charge in [-0.2, -0.15) is 0 Å². The fraction of sp³-hybridized carbons (Fsp3) is 0.600. The first-order valence-electron chi connectivity index (χ1n) is 7.32. The summed E-state index contributed by atoms with van der Waals surface area (Å²) in [6, 6.07) is 1.65. The van der Waals surface area contributed by atoms with Crippen LogP contribution < -0.4 is 10.6 Å². The van der Waals surface area contributed by atoms with E-state index in [9.17, 15) is 4.79 Å². The maximum Gasteiger partial charge on any atom is 0.252 e. The molecule has 0 aliphatic heterocycles. The maximum atomic E-state index is 12.0. The van der Waals surface area contributed by atoms with Crippen LogP contribution in [0.15, 0.2) is 12.3 Å². The van der Waals surface area contributed by atoms with Gasteiger partial charge in [-0.3, -0.25) is 4.79 Å². The summed E-state index contributed by atoms with van der Waals surface area (Å²) >= 11 is 6.02. The van der Waals surface area contributed by atoms with Crippen molar-refractivity contribution < 1.29 is 4.79 Å². The van der Waals surface area contributed by atoms with Gasteiger partial charge in [0.05, 0.1) is 10.6 Å². The third-order valence-corrected chi connectivity index (χ3v) is 4.19. The summed E-state index contributed by atoms with van der Waals surface area (Å²) in [6.45, 7) is 0.731.